The molecule has 0 N–H and O–H groups in total. The van der Waals surface area contributed by atoms with Gasteiger partial charge in [-0.2, -0.15) is 0 Å². The van der Waals surface area contributed by atoms with Crippen LogP contribution in [0.15, 0.2) is 18.3 Å². The molecule has 2 rings (SSSR count). The predicted molar refractivity (Wildman–Crippen MR) is 82.1 cm³/mol. The Morgan fingerprint density at radius 1 is 1.48 bits per heavy atom. The summed E-state index contributed by atoms with van der Waals surface area (Å²) in [6, 6.07) is 3.74. The summed E-state index contributed by atoms with van der Waals surface area (Å²) in [5.74, 6) is 2.93. The molecule has 1 saturated carbocycles. The number of terminal acetylenes is 1. The number of carbonyl (C=O) groups is 1. The maximum absolute atomic E-state index is 12.8. The van der Waals surface area contributed by atoms with Crippen LogP contribution in [0.25, 0.3) is 0 Å². The number of ether oxygens (including phenoxy) is 1. The zero-order valence-electron chi connectivity index (χ0n) is 12.5. The van der Waals surface area contributed by atoms with E-state index in [1.807, 2.05) is 6.92 Å². The fraction of sp³-hybridized carbons (Fsp3) is 0.529. The zero-order chi connectivity index (χ0) is 15.1. The van der Waals surface area contributed by atoms with E-state index in [0.717, 1.165) is 25.7 Å². The van der Waals surface area contributed by atoms with Crippen molar-refractivity contribution >= 4 is 5.91 Å². The van der Waals surface area contributed by atoms with Crippen molar-refractivity contribution in [1.29, 1.82) is 0 Å². The number of nitrogens with zero attached hydrogens (tertiary/aromatic N) is 2. The van der Waals surface area contributed by atoms with E-state index in [-0.39, 0.29) is 11.9 Å². The molecule has 0 aliphatic heterocycles. The van der Waals surface area contributed by atoms with Crippen LogP contribution in [0.2, 0.25) is 0 Å². The first-order valence-electron chi connectivity index (χ1n) is 7.60. The zero-order valence-corrected chi connectivity index (χ0v) is 12.5. The molecule has 0 radical (unpaired) electrons. The fourth-order valence-electron chi connectivity index (χ4n) is 2.82. The van der Waals surface area contributed by atoms with Gasteiger partial charge in [-0.15, -0.1) is 6.42 Å². The molecule has 1 aliphatic carbocycles. The molecule has 4 heteroatoms. The lowest BCUT2D eigenvalue weighted by Crippen LogP contribution is -2.41. The normalized spacial score (nSPS) is 15.2. The van der Waals surface area contributed by atoms with E-state index in [4.69, 9.17) is 11.2 Å². The van der Waals surface area contributed by atoms with Crippen LogP contribution in [-0.4, -0.2) is 35.0 Å². The second-order valence-corrected chi connectivity index (χ2v) is 5.22. The van der Waals surface area contributed by atoms with E-state index in [2.05, 4.69) is 10.9 Å². The molecule has 0 unspecified atom stereocenters. The first-order valence-corrected chi connectivity index (χ1v) is 7.60. The number of carbonyl (C=O) groups excluding carboxylic acids is 1. The van der Waals surface area contributed by atoms with Gasteiger partial charge in [0.25, 0.3) is 5.91 Å². The third-order valence-corrected chi connectivity index (χ3v) is 3.82. The second-order valence-electron chi connectivity index (χ2n) is 5.22. The average molecular weight is 286 g/mol. The average Bonchev–Trinajstić information content (AvgIpc) is 2.54. The number of pyridine rings is 1. The summed E-state index contributed by atoms with van der Waals surface area (Å²) in [6.45, 7) is 2.70. The van der Waals surface area contributed by atoms with Crippen molar-refractivity contribution in [3.8, 4) is 18.2 Å². The second kappa shape index (κ2) is 7.68. The predicted octanol–water partition coefficient (Wildman–Crippen LogP) is 2.89. The van der Waals surface area contributed by atoms with Gasteiger partial charge in [0.15, 0.2) is 0 Å². The third-order valence-electron chi connectivity index (χ3n) is 3.82. The van der Waals surface area contributed by atoms with Crippen molar-refractivity contribution < 1.29 is 9.53 Å². The van der Waals surface area contributed by atoms with Gasteiger partial charge in [0.2, 0.25) is 5.88 Å². The summed E-state index contributed by atoms with van der Waals surface area (Å²) in [7, 11) is 0. The maximum atomic E-state index is 12.8. The Bertz CT molecular complexity index is 516. The van der Waals surface area contributed by atoms with Gasteiger partial charge in [0, 0.05) is 12.2 Å². The Morgan fingerprint density at radius 3 is 2.90 bits per heavy atom. The Labute approximate surface area is 126 Å². The molecule has 112 valence electrons. The summed E-state index contributed by atoms with van der Waals surface area (Å²) in [5, 5.41) is 0. The van der Waals surface area contributed by atoms with Gasteiger partial charge in [0.05, 0.1) is 13.2 Å². The summed E-state index contributed by atoms with van der Waals surface area (Å²) in [6.07, 6.45) is 12.7. The standard InChI is InChI=1S/C17H22N2O2/c1-3-13-19(14-9-6-5-7-10-14)17(20)15-11-8-12-18-16(15)21-4-2/h1,8,11-12,14H,4-7,9-10,13H2,2H3. The van der Waals surface area contributed by atoms with Gasteiger partial charge in [-0.05, 0) is 31.9 Å². The fourth-order valence-corrected chi connectivity index (χ4v) is 2.82. The van der Waals surface area contributed by atoms with E-state index in [9.17, 15) is 4.79 Å². The van der Waals surface area contributed by atoms with Crippen LogP contribution < -0.4 is 4.74 Å². The highest BCUT2D eigenvalue weighted by molar-refractivity contribution is 5.96. The van der Waals surface area contributed by atoms with E-state index >= 15 is 0 Å². The van der Waals surface area contributed by atoms with Gasteiger partial charge in [-0.3, -0.25) is 4.79 Å². The highest BCUT2D eigenvalue weighted by Gasteiger charge is 2.27. The van der Waals surface area contributed by atoms with Crippen molar-refractivity contribution in [3.63, 3.8) is 0 Å². The molecule has 0 bridgehead atoms. The van der Waals surface area contributed by atoms with E-state index in [0.29, 0.717) is 24.6 Å². The molecule has 21 heavy (non-hydrogen) atoms. The Morgan fingerprint density at radius 2 is 2.24 bits per heavy atom. The lowest BCUT2D eigenvalue weighted by molar-refractivity contribution is 0.0662. The van der Waals surface area contributed by atoms with Crippen LogP contribution in [0.4, 0.5) is 0 Å². The number of rotatable bonds is 5. The highest BCUT2D eigenvalue weighted by atomic mass is 16.5. The summed E-state index contributed by atoms with van der Waals surface area (Å²) >= 11 is 0. The molecule has 0 spiro atoms. The minimum atomic E-state index is -0.0728. The first-order chi connectivity index (χ1) is 10.3. The lowest BCUT2D eigenvalue weighted by atomic mass is 9.93. The van der Waals surface area contributed by atoms with Crippen LogP contribution in [-0.2, 0) is 0 Å². The van der Waals surface area contributed by atoms with Gasteiger partial charge < -0.3 is 9.64 Å². The van der Waals surface area contributed by atoms with Crippen molar-refractivity contribution in [2.45, 2.75) is 45.1 Å². The molecule has 1 aromatic rings. The van der Waals surface area contributed by atoms with Crippen LogP contribution in [0.3, 0.4) is 0 Å². The molecule has 0 atom stereocenters. The SMILES string of the molecule is C#CCN(C(=O)c1cccnc1OCC)C1CCCCC1. The lowest BCUT2D eigenvalue weighted by Gasteiger charge is -2.33. The van der Waals surface area contributed by atoms with Crippen LogP contribution in [0.5, 0.6) is 5.88 Å². The molecule has 1 amide bonds. The van der Waals surface area contributed by atoms with Crippen LogP contribution in [0.1, 0.15) is 49.4 Å². The highest BCUT2D eigenvalue weighted by Crippen LogP contribution is 2.25. The number of hydrogen-bond donors (Lipinski definition) is 0. The van der Waals surface area contributed by atoms with Gasteiger partial charge in [0.1, 0.15) is 5.56 Å². The maximum Gasteiger partial charge on any atom is 0.260 e. The molecular weight excluding hydrogens is 264 g/mol. The minimum absolute atomic E-state index is 0.0728. The number of hydrogen-bond acceptors (Lipinski definition) is 3. The number of aromatic nitrogens is 1. The Hall–Kier alpha value is -2.02. The topological polar surface area (TPSA) is 42.4 Å². The molecular formula is C17H22N2O2. The Balaban J connectivity index is 2.23. The molecule has 1 aliphatic rings. The summed E-state index contributed by atoms with van der Waals surface area (Å²) in [5.41, 5.74) is 0.500. The van der Waals surface area contributed by atoms with Crippen LogP contribution in [0, 0.1) is 12.3 Å². The minimum Gasteiger partial charge on any atom is -0.477 e. The monoisotopic (exact) mass is 286 g/mol. The van der Waals surface area contributed by atoms with Gasteiger partial charge in [-0.1, -0.05) is 25.2 Å². The van der Waals surface area contributed by atoms with Gasteiger partial charge >= 0.3 is 0 Å². The van der Waals surface area contributed by atoms with E-state index < -0.39 is 0 Å². The summed E-state index contributed by atoms with van der Waals surface area (Å²) < 4.78 is 5.46. The molecule has 1 aromatic heterocycles. The molecule has 0 saturated heterocycles. The molecule has 0 aromatic carbocycles. The largest absolute Gasteiger partial charge is 0.477 e. The first kappa shape index (κ1) is 15.4. The van der Waals surface area contributed by atoms with E-state index in [1.165, 1.54) is 6.42 Å². The van der Waals surface area contributed by atoms with Crippen molar-refractivity contribution in [2.75, 3.05) is 13.2 Å². The quantitative estimate of drug-likeness (QED) is 0.782. The van der Waals surface area contributed by atoms with Crippen LogP contribution >= 0.6 is 0 Å². The molecule has 1 heterocycles. The summed E-state index contributed by atoms with van der Waals surface area (Å²) in [4.78, 5) is 18.8. The smallest absolute Gasteiger partial charge is 0.260 e. The molecule has 4 nitrogen and oxygen atoms in total. The van der Waals surface area contributed by atoms with E-state index in [1.54, 1.807) is 23.2 Å². The van der Waals surface area contributed by atoms with Crippen molar-refractivity contribution in [1.82, 2.24) is 9.88 Å². The van der Waals surface area contributed by atoms with Gasteiger partial charge in [-0.25, -0.2) is 4.98 Å². The van der Waals surface area contributed by atoms with Crippen molar-refractivity contribution in [2.24, 2.45) is 0 Å². The van der Waals surface area contributed by atoms with Crippen molar-refractivity contribution in [3.05, 3.63) is 23.9 Å². The Kier molecular flexibility index (Phi) is 5.62. The third kappa shape index (κ3) is 3.75. The number of amides is 1. The molecule has 1 fully saturated rings.